The van der Waals surface area contributed by atoms with E-state index in [2.05, 4.69) is 15.5 Å². The van der Waals surface area contributed by atoms with Crippen LogP contribution in [0.15, 0.2) is 12.2 Å². The Kier molecular flexibility index (Phi) is 4.36. The van der Waals surface area contributed by atoms with Gasteiger partial charge in [0, 0.05) is 18.2 Å². The molecule has 8 heteroatoms. The third-order valence-corrected chi connectivity index (χ3v) is 3.60. The number of nitrogens with one attached hydrogen (secondary N) is 2. The number of hydrogen-bond donors (Lipinski definition) is 3. The molecule has 0 amide bonds. The molecule has 0 saturated carbocycles. The molecule has 5 nitrogen and oxygen atoms in total. The highest BCUT2D eigenvalue weighted by molar-refractivity contribution is 5.70. The molecule has 1 aliphatic carbocycles. The van der Waals surface area contributed by atoms with Gasteiger partial charge in [0.15, 0.2) is 5.69 Å². The Morgan fingerprint density at radius 3 is 2.86 bits per heavy atom. The van der Waals surface area contributed by atoms with Gasteiger partial charge < -0.3 is 10.4 Å². The standard InChI is InChI=1S/C13H16F3N3O2/c1-7-10(18-19-11(7)13(14,15)16)6-17-9-4-2-3-8(5-9)12(20)21/h2,4,8-9,17H,3,5-6H2,1H3,(H,18,19)(H,20,21)/t8-,9-/m0/s1. The number of aliphatic carboxylic acids is 1. The van der Waals surface area contributed by atoms with E-state index in [1.165, 1.54) is 6.92 Å². The fourth-order valence-electron chi connectivity index (χ4n) is 2.36. The molecule has 0 radical (unpaired) electrons. The molecule has 3 N–H and O–H groups in total. The fourth-order valence-corrected chi connectivity index (χ4v) is 2.36. The van der Waals surface area contributed by atoms with E-state index in [-0.39, 0.29) is 18.2 Å². The van der Waals surface area contributed by atoms with E-state index in [0.29, 0.717) is 18.5 Å². The van der Waals surface area contributed by atoms with Crippen molar-refractivity contribution in [3.63, 3.8) is 0 Å². The fraction of sp³-hybridized carbons (Fsp3) is 0.538. The molecule has 1 aliphatic rings. The molecular formula is C13H16F3N3O2. The van der Waals surface area contributed by atoms with Crippen LogP contribution in [-0.4, -0.2) is 27.3 Å². The summed E-state index contributed by atoms with van der Waals surface area (Å²) in [6.45, 7) is 1.54. The predicted molar refractivity (Wildman–Crippen MR) is 68.5 cm³/mol. The van der Waals surface area contributed by atoms with Crippen molar-refractivity contribution in [2.45, 2.75) is 38.5 Å². The van der Waals surface area contributed by atoms with Crippen molar-refractivity contribution in [1.29, 1.82) is 0 Å². The number of rotatable bonds is 4. The highest BCUT2D eigenvalue weighted by atomic mass is 19.4. The van der Waals surface area contributed by atoms with Gasteiger partial charge in [-0.1, -0.05) is 12.2 Å². The summed E-state index contributed by atoms with van der Waals surface area (Å²) in [5.74, 6) is -1.32. The van der Waals surface area contributed by atoms with Crippen LogP contribution in [0, 0.1) is 12.8 Å². The van der Waals surface area contributed by atoms with Gasteiger partial charge in [0.2, 0.25) is 0 Å². The van der Waals surface area contributed by atoms with Crippen LogP contribution in [0.4, 0.5) is 13.2 Å². The lowest BCUT2D eigenvalue weighted by Gasteiger charge is -2.22. The quantitative estimate of drug-likeness (QED) is 0.746. The van der Waals surface area contributed by atoms with Crippen molar-refractivity contribution < 1.29 is 23.1 Å². The number of aromatic nitrogens is 2. The number of H-pyrrole nitrogens is 1. The average Bonchev–Trinajstić information content (AvgIpc) is 2.78. The first kappa shape index (κ1) is 15.6. The summed E-state index contributed by atoms with van der Waals surface area (Å²) in [4.78, 5) is 10.9. The Morgan fingerprint density at radius 2 is 2.29 bits per heavy atom. The third-order valence-electron chi connectivity index (χ3n) is 3.60. The second kappa shape index (κ2) is 5.88. The van der Waals surface area contributed by atoms with Crippen molar-refractivity contribution in [1.82, 2.24) is 15.5 Å². The van der Waals surface area contributed by atoms with Crippen LogP contribution in [0.25, 0.3) is 0 Å². The second-order valence-electron chi connectivity index (χ2n) is 5.10. The minimum atomic E-state index is -4.47. The van der Waals surface area contributed by atoms with E-state index < -0.39 is 23.8 Å². The van der Waals surface area contributed by atoms with Gasteiger partial charge in [0.25, 0.3) is 0 Å². The van der Waals surface area contributed by atoms with Crippen molar-refractivity contribution in [3.05, 3.63) is 29.1 Å². The maximum Gasteiger partial charge on any atom is 0.435 e. The number of alkyl halides is 3. The minimum absolute atomic E-state index is 0.0598. The number of halogens is 3. The van der Waals surface area contributed by atoms with E-state index in [9.17, 15) is 18.0 Å². The Morgan fingerprint density at radius 1 is 1.57 bits per heavy atom. The van der Waals surface area contributed by atoms with E-state index in [4.69, 9.17) is 5.11 Å². The number of carboxylic acids is 1. The molecule has 2 rings (SSSR count). The molecule has 0 saturated heterocycles. The van der Waals surface area contributed by atoms with Gasteiger partial charge in [-0.3, -0.25) is 9.89 Å². The van der Waals surface area contributed by atoms with Crippen LogP contribution in [-0.2, 0) is 17.5 Å². The van der Waals surface area contributed by atoms with Crippen LogP contribution in [0.1, 0.15) is 29.8 Å². The Hall–Kier alpha value is -1.83. The Bertz CT molecular complexity index is 551. The van der Waals surface area contributed by atoms with E-state index in [1.54, 1.807) is 6.08 Å². The molecule has 0 fully saturated rings. The van der Waals surface area contributed by atoms with Crippen molar-refractivity contribution in [3.8, 4) is 0 Å². The minimum Gasteiger partial charge on any atom is -0.481 e. The Labute approximate surface area is 119 Å². The summed E-state index contributed by atoms with van der Waals surface area (Å²) in [5, 5.41) is 17.7. The molecule has 0 bridgehead atoms. The first-order chi connectivity index (χ1) is 9.79. The molecule has 1 aromatic heterocycles. The van der Waals surface area contributed by atoms with Crippen molar-refractivity contribution in [2.24, 2.45) is 5.92 Å². The molecule has 0 spiro atoms. The monoisotopic (exact) mass is 303 g/mol. The number of aromatic amines is 1. The lowest BCUT2D eigenvalue weighted by Crippen LogP contribution is -2.33. The normalized spacial score (nSPS) is 22.5. The number of hydrogen-bond acceptors (Lipinski definition) is 3. The van der Waals surface area contributed by atoms with Crippen molar-refractivity contribution in [2.75, 3.05) is 0 Å². The third kappa shape index (κ3) is 3.63. The first-order valence-corrected chi connectivity index (χ1v) is 6.53. The van der Waals surface area contributed by atoms with E-state index in [0.717, 1.165) is 0 Å². The summed E-state index contributed by atoms with van der Waals surface area (Å²) in [6.07, 6.45) is 0.0503. The summed E-state index contributed by atoms with van der Waals surface area (Å²) in [5.41, 5.74) is -0.500. The Balaban J connectivity index is 1.98. The molecule has 2 atom stereocenters. The van der Waals surface area contributed by atoms with Gasteiger partial charge in [-0.15, -0.1) is 0 Å². The zero-order valence-electron chi connectivity index (χ0n) is 11.4. The number of carboxylic acid groups (broad SMARTS) is 1. The molecule has 1 heterocycles. The predicted octanol–water partition coefficient (Wildman–Crippen LogP) is 2.25. The number of nitrogens with zero attached hydrogens (tertiary/aromatic N) is 1. The number of allylic oxidation sites excluding steroid dienone is 1. The van der Waals surface area contributed by atoms with Crippen LogP contribution in [0.2, 0.25) is 0 Å². The SMILES string of the molecule is Cc1c(C(F)(F)F)n[nH]c1CN[C@H]1C=CC[C@H](C(=O)O)C1. The lowest BCUT2D eigenvalue weighted by molar-refractivity contribution is -0.142. The van der Waals surface area contributed by atoms with Gasteiger partial charge in [-0.2, -0.15) is 18.3 Å². The number of carbonyl (C=O) groups is 1. The highest BCUT2D eigenvalue weighted by Gasteiger charge is 2.36. The van der Waals surface area contributed by atoms with Crippen LogP contribution in [0.3, 0.4) is 0 Å². The summed E-state index contributed by atoms with van der Waals surface area (Å²) in [6, 6.07) is -0.170. The largest absolute Gasteiger partial charge is 0.481 e. The molecule has 0 unspecified atom stereocenters. The zero-order valence-corrected chi connectivity index (χ0v) is 11.4. The first-order valence-electron chi connectivity index (χ1n) is 6.53. The van der Waals surface area contributed by atoms with Crippen LogP contribution < -0.4 is 5.32 Å². The highest BCUT2D eigenvalue weighted by Crippen LogP contribution is 2.31. The van der Waals surface area contributed by atoms with Crippen molar-refractivity contribution >= 4 is 5.97 Å². The van der Waals surface area contributed by atoms with Crippen LogP contribution in [0.5, 0.6) is 0 Å². The zero-order chi connectivity index (χ0) is 15.6. The molecular weight excluding hydrogens is 287 g/mol. The van der Waals surface area contributed by atoms with Gasteiger partial charge in [0.1, 0.15) is 0 Å². The smallest absolute Gasteiger partial charge is 0.435 e. The maximum atomic E-state index is 12.6. The molecule has 21 heavy (non-hydrogen) atoms. The van der Waals surface area contributed by atoms with Gasteiger partial charge in [0.05, 0.1) is 11.6 Å². The van der Waals surface area contributed by atoms with Crippen LogP contribution >= 0.6 is 0 Å². The molecule has 116 valence electrons. The summed E-state index contributed by atoms with van der Waals surface area (Å²) >= 11 is 0. The average molecular weight is 303 g/mol. The molecule has 0 aromatic carbocycles. The molecule has 1 aromatic rings. The molecule has 0 aliphatic heterocycles. The second-order valence-corrected chi connectivity index (χ2v) is 5.10. The lowest BCUT2D eigenvalue weighted by atomic mass is 9.91. The van der Waals surface area contributed by atoms with Gasteiger partial charge in [-0.05, 0) is 19.8 Å². The van der Waals surface area contributed by atoms with Gasteiger partial charge >= 0.3 is 12.1 Å². The topological polar surface area (TPSA) is 78.0 Å². The van der Waals surface area contributed by atoms with Gasteiger partial charge in [-0.25, -0.2) is 0 Å². The van der Waals surface area contributed by atoms with E-state index in [1.807, 2.05) is 6.08 Å². The van der Waals surface area contributed by atoms with E-state index >= 15 is 0 Å². The maximum absolute atomic E-state index is 12.6. The summed E-state index contributed by atoms with van der Waals surface area (Å²) < 4.78 is 37.9. The summed E-state index contributed by atoms with van der Waals surface area (Å²) in [7, 11) is 0.